The summed E-state index contributed by atoms with van der Waals surface area (Å²) < 4.78 is 9.93. The molecule has 0 amide bonds. The number of phenolic OH excluding ortho intramolecular Hbond substituents is 1. The number of methoxy groups -OCH3 is 2. The van der Waals surface area contributed by atoms with Crippen LogP contribution >= 0.6 is 12.2 Å². The fraction of sp³-hybridized carbons (Fsp3) is 0.385. The number of nitrogens with zero attached hydrogens (tertiary/aromatic N) is 1. The van der Waals surface area contributed by atoms with Gasteiger partial charge in [-0.3, -0.25) is 5.43 Å². The average Bonchev–Trinajstić information content (AvgIpc) is 2.45. The average molecular weight is 297 g/mol. The molecule has 20 heavy (non-hydrogen) atoms. The summed E-state index contributed by atoms with van der Waals surface area (Å²) in [7, 11) is 3.15. The molecule has 0 heterocycles. The number of ether oxygens (including phenoxy) is 2. The molecule has 0 radical (unpaired) electrons. The van der Waals surface area contributed by atoms with Gasteiger partial charge in [0.1, 0.15) is 0 Å². The fourth-order valence-electron chi connectivity index (χ4n) is 1.43. The summed E-state index contributed by atoms with van der Waals surface area (Å²) in [5, 5.41) is 17.2. The number of benzene rings is 1. The van der Waals surface area contributed by atoms with Gasteiger partial charge in [0, 0.05) is 25.8 Å². The summed E-state index contributed by atoms with van der Waals surface area (Å²) in [6.07, 6.45) is 2.33. The second kappa shape index (κ2) is 9.11. The van der Waals surface area contributed by atoms with E-state index in [1.165, 1.54) is 13.3 Å². The van der Waals surface area contributed by atoms with Crippen molar-refractivity contribution in [1.82, 2.24) is 10.7 Å². The van der Waals surface area contributed by atoms with Crippen LogP contribution in [0.2, 0.25) is 0 Å². The molecule has 110 valence electrons. The molecule has 1 rings (SSSR count). The lowest BCUT2D eigenvalue weighted by Gasteiger charge is -2.07. The minimum atomic E-state index is 0.0412. The molecule has 0 saturated heterocycles. The molecule has 3 N–H and O–H groups in total. The van der Waals surface area contributed by atoms with Crippen LogP contribution in [0.1, 0.15) is 12.0 Å². The van der Waals surface area contributed by atoms with E-state index in [1.807, 2.05) is 0 Å². The third-order valence-corrected chi connectivity index (χ3v) is 2.67. The minimum Gasteiger partial charge on any atom is -0.504 e. The van der Waals surface area contributed by atoms with E-state index in [-0.39, 0.29) is 5.75 Å². The minimum absolute atomic E-state index is 0.0412. The Morgan fingerprint density at radius 1 is 1.45 bits per heavy atom. The van der Waals surface area contributed by atoms with Gasteiger partial charge in [-0.15, -0.1) is 0 Å². The molecule has 0 atom stereocenters. The first kappa shape index (κ1) is 16.2. The first-order chi connectivity index (χ1) is 9.69. The topological polar surface area (TPSA) is 75.1 Å². The highest BCUT2D eigenvalue weighted by Gasteiger charge is 2.04. The second-order valence-electron chi connectivity index (χ2n) is 3.87. The molecular formula is C13H19N3O3S. The Bertz CT molecular complexity index is 466. The van der Waals surface area contributed by atoms with E-state index >= 15 is 0 Å². The first-order valence-electron chi connectivity index (χ1n) is 6.11. The Hall–Kier alpha value is -1.86. The van der Waals surface area contributed by atoms with Crippen molar-refractivity contribution < 1.29 is 14.6 Å². The molecule has 7 heteroatoms. The molecule has 6 nitrogen and oxygen atoms in total. The van der Waals surface area contributed by atoms with E-state index in [0.717, 1.165) is 6.42 Å². The molecule has 0 aliphatic rings. The number of nitrogens with one attached hydrogen (secondary N) is 2. The van der Waals surface area contributed by atoms with Gasteiger partial charge in [0.25, 0.3) is 0 Å². The quantitative estimate of drug-likeness (QED) is 0.304. The molecule has 1 aromatic carbocycles. The number of aromatic hydroxyl groups is 1. The molecule has 0 spiro atoms. The van der Waals surface area contributed by atoms with Gasteiger partial charge < -0.3 is 19.9 Å². The van der Waals surface area contributed by atoms with E-state index in [9.17, 15) is 5.11 Å². The number of para-hydroxylation sites is 1. The van der Waals surface area contributed by atoms with E-state index in [1.54, 1.807) is 25.3 Å². The van der Waals surface area contributed by atoms with Gasteiger partial charge in [-0.1, -0.05) is 6.07 Å². The van der Waals surface area contributed by atoms with Crippen molar-refractivity contribution >= 4 is 23.5 Å². The zero-order valence-corrected chi connectivity index (χ0v) is 12.4. The predicted octanol–water partition coefficient (Wildman–Crippen LogP) is 1.24. The summed E-state index contributed by atoms with van der Waals surface area (Å²) in [5.41, 5.74) is 3.21. The van der Waals surface area contributed by atoms with Gasteiger partial charge in [0.2, 0.25) is 0 Å². The lowest BCUT2D eigenvalue weighted by molar-refractivity contribution is 0.195. The molecule has 0 aliphatic heterocycles. The Kier molecular flexibility index (Phi) is 7.38. The number of hydrazone groups is 1. The van der Waals surface area contributed by atoms with Crippen molar-refractivity contribution in [2.45, 2.75) is 6.42 Å². The fourth-order valence-corrected chi connectivity index (χ4v) is 1.58. The smallest absolute Gasteiger partial charge is 0.186 e. The lowest BCUT2D eigenvalue weighted by atomic mass is 10.2. The van der Waals surface area contributed by atoms with E-state index in [2.05, 4.69) is 15.8 Å². The second-order valence-corrected chi connectivity index (χ2v) is 4.28. The van der Waals surface area contributed by atoms with Crippen molar-refractivity contribution in [2.75, 3.05) is 27.4 Å². The van der Waals surface area contributed by atoms with Gasteiger partial charge in [-0.2, -0.15) is 5.10 Å². The molecule has 0 saturated carbocycles. The normalized spacial score (nSPS) is 10.5. The Labute approximate surface area is 123 Å². The van der Waals surface area contributed by atoms with Crippen LogP contribution in [0.3, 0.4) is 0 Å². The number of thiocarbonyl (C=S) groups is 1. The van der Waals surface area contributed by atoms with Crippen LogP contribution in [0, 0.1) is 0 Å². The van der Waals surface area contributed by atoms with Crippen molar-refractivity contribution in [3.05, 3.63) is 23.8 Å². The zero-order valence-electron chi connectivity index (χ0n) is 11.5. The zero-order chi connectivity index (χ0) is 14.8. The van der Waals surface area contributed by atoms with Crippen molar-refractivity contribution in [2.24, 2.45) is 5.10 Å². The number of hydrogen-bond acceptors (Lipinski definition) is 5. The van der Waals surface area contributed by atoms with E-state index in [4.69, 9.17) is 21.7 Å². The highest BCUT2D eigenvalue weighted by atomic mass is 32.1. The van der Waals surface area contributed by atoms with Crippen LogP contribution in [-0.2, 0) is 4.74 Å². The Morgan fingerprint density at radius 3 is 2.95 bits per heavy atom. The van der Waals surface area contributed by atoms with Gasteiger partial charge in [0.15, 0.2) is 16.6 Å². The molecule has 0 unspecified atom stereocenters. The van der Waals surface area contributed by atoms with Crippen molar-refractivity contribution in [3.63, 3.8) is 0 Å². The number of phenols is 1. The monoisotopic (exact) mass is 297 g/mol. The van der Waals surface area contributed by atoms with Crippen LogP contribution in [-0.4, -0.2) is 43.8 Å². The molecular weight excluding hydrogens is 278 g/mol. The van der Waals surface area contributed by atoms with Crippen molar-refractivity contribution in [3.8, 4) is 11.5 Å². The largest absolute Gasteiger partial charge is 0.504 e. The molecule has 0 aromatic heterocycles. The molecule has 0 aliphatic carbocycles. The molecule has 1 aromatic rings. The maximum Gasteiger partial charge on any atom is 0.186 e. The van der Waals surface area contributed by atoms with Crippen LogP contribution in [0.15, 0.2) is 23.3 Å². The highest BCUT2D eigenvalue weighted by molar-refractivity contribution is 7.80. The van der Waals surface area contributed by atoms with Crippen molar-refractivity contribution in [1.29, 1.82) is 0 Å². The lowest BCUT2D eigenvalue weighted by Crippen LogP contribution is -2.33. The Morgan fingerprint density at radius 2 is 2.25 bits per heavy atom. The van der Waals surface area contributed by atoms with Gasteiger partial charge in [-0.25, -0.2) is 0 Å². The summed E-state index contributed by atoms with van der Waals surface area (Å²) in [5.74, 6) is 0.439. The number of rotatable bonds is 7. The summed E-state index contributed by atoms with van der Waals surface area (Å²) in [6.45, 7) is 1.39. The highest BCUT2D eigenvalue weighted by Crippen LogP contribution is 2.27. The van der Waals surface area contributed by atoms with Crippen LogP contribution < -0.4 is 15.5 Å². The summed E-state index contributed by atoms with van der Waals surface area (Å²) >= 11 is 5.04. The SMILES string of the molecule is COCCCNC(=S)N/N=C/c1cccc(OC)c1O. The van der Waals surface area contributed by atoms with Gasteiger partial charge in [0.05, 0.1) is 13.3 Å². The number of hydrogen-bond donors (Lipinski definition) is 3. The maximum atomic E-state index is 9.85. The van der Waals surface area contributed by atoms with E-state index < -0.39 is 0 Å². The predicted molar refractivity (Wildman–Crippen MR) is 82.5 cm³/mol. The standard InChI is InChI=1S/C13H19N3O3S/c1-18-8-4-7-14-13(20)16-15-9-10-5-3-6-11(19-2)12(10)17/h3,5-6,9,17H,4,7-8H2,1-2H3,(H2,14,16,20)/b15-9+. The van der Waals surface area contributed by atoms with Crippen LogP contribution in [0.4, 0.5) is 0 Å². The third-order valence-electron chi connectivity index (χ3n) is 2.43. The molecule has 0 fully saturated rings. The van der Waals surface area contributed by atoms with Crippen LogP contribution in [0.5, 0.6) is 11.5 Å². The van der Waals surface area contributed by atoms with E-state index in [0.29, 0.717) is 29.6 Å². The van der Waals surface area contributed by atoms with Crippen LogP contribution in [0.25, 0.3) is 0 Å². The molecule has 0 bridgehead atoms. The Balaban J connectivity index is 2.43. The summed E-state index contributed by atoms with van der Waals surface area (Å²) in [4.78, 5) is 0. The van der Waals surface area contributed by atoms with Gasteiger partial charge in [-0.05, 0) is 30.8 Å². The third kappa shape index (κ3) is 5.41. The first-order valence-corrected chi connectivity index (χ1v) is 6.51. The maximum absolute atomic E-state index is 9.85. The summed E-state index contributed by atoms with van der Waals surface area (Å²) in [6, 6.07) is 5.15. The van der Waals surface area contributed by atoms with Gasteiger partial charge >= 0.3 is 0 Å².